The molecule has 0 saturated heterocycles. The van der Waals surface area contributed by atoms with E-state index in [1.807, 2.05) is 0 Å². The highest BCUT2D eigenvalue weighted by Crippen LogP contribution is 2.68. The molecule has 0 aromatic rings. The summed E-state index contributed by atoms with van der Waals surface area (Å²) in [6.07, 6.45) is 11.6. The van der Waals surface area contributed by atoms with Gasteiger partial charge in [0.2, 0.25) is 0 Å². The second-order valence-corrected chi connectivity index (χ2v) is 10.3. The van der Waals surface area contributed by atoms with Crippen LogP contribution in [0.4, 0.5) is 0 Å². The second-order valence-electron chi connectivity index (χ2n) is 10.3. The highest BCUT2D eigenvalue weighted by molar-refractivity contribution is 5.87. The van der Waals surface area contributed by atoms with Crippen molar-refractivity contribution in [2.45, 2.75) is 83.7 Å². The predicted octanol–water partition coefficient (Wildman–Crippen LogP) is 4.35. The Bertz CT molecular complexity index is 556. The maximum absolute atomic E-state index is 12.5. The van der Waals surface area contributed by atoms with Crippen LogP contribution in [0.1, 0.15) is 78.1 Å². The molecule has 0 amide bonds. The van der Waals surface area contributed by atoms with Crippen LogP contribution in [-0.2, 0) is 4.79 Å². The van der Waals surface area contributed by atoms with Gasteiger partial charge in [-0.25, -0.2) is 0 Å². The molecule has 2 unspecified atom stereocenters. The first-order chi connectivity index (χ1) is 10.9. The van der Waals surface area contributed by atoms with E-state index in [0.29, 0.717) is 23.0 Å². The lowest BCUT2D eigenvalue weighted by atomic mass is 9.41. The molecule has 5 saturated carbocycles. The molecular weight excluding hydrogens is 284 g/mol. The Morgan fingerprint density at radius 3 is 2.48 bits per heavy atom. The molecule has 8 atom stereocenters. The largest absolute Gasteiger partial charge is 0.390 e. The van der Waals surface area contributed by atoms with Crippen LogP contribution in [0.2, 0.25) is 0 Å². The molecule has 0 bridgehead atoms. The van der Waals surface area contributed by atoms with Crippen molar-refractivity contribution in [3.63, 3.8) is 0 Å². The molecule has 0 heterocycles. The minimum Gasteiger partial charge on any atom is -0.390 e. The Morgan fingerprint density at radius 1 is 0.913 bits per heavy atom. The zero-order valence-electron chi connectivity index (χ0n) is 14.8. The number of rotatable bonds is 0. The van der Waals surface area contributed by atoms with Crippen LogP contribution in [0.5, 0.6) is 0 Å². The minimum absolute atomic E-state index is 0.0102. The van der Waals surface area contributed by atoms with Gasteiger partial charge >= 0.3 is 0 Å². The van der Waals surface area contributed by atoms with Crippen LogP contribution >= 0.6 is 0 Å². The highest BCUT2D eigenvalue weighted by atomic mass is 16.3. The molecule has 5 aliphatic carbocycles. The fraction of sp³-hybridized carbons (Fsp3) is 0.952. The molecule has 0 aliphatic heterocycles. The molecule has 0 radical (unpaired) electrons. The average molecular weight is 316 g/mol. The SMILES string of the molecule is C[C@]12CC3CCC3(O)C[C@@H]1CC[C@@H]1[C@@H]2CC[C@]2(C)C(=O)CC[C@@H]12. The Balaban J connectivity index is 1.47. The van der Waals surface area contributed by atoms with Gasteiger partial charge in [0.1, 0.15) is 5.78 Å². The van der Waals surface area contributed by atoms with Gasteiger partial charge in [0.25, 0.3) is 0 Å². The number of carbonyl (C=O) groups excluding carboxylic acids is 1. The summed E-state index contributed by atoms with van der Waals surface area (Å²) >= 11 is 0. The van der Waals surface area contributed by atoms with Crippen molar-refractivity contribution in [1.82, 2.24) is 0 Å². The van der Waals surface area contributed by atoms with E-state index in [9.17, 15) is 9.90 Å². The van der Waals surface area contributed by atoms with Crippen molar-refractivity contribution in [3.05, 3.63) is 0 Å². The van der Waals surface area contributed by atoms with Crippen molar-refractivity contribution >= 4 is 5.78 Å². The molecule has 0 aromatic carbocycles. The van der Waals surface area contributed by atoms with E-state index in [4.69, 9.17) is 0 Å². The Labute approximate surface area is 140 Å². The minimum atomic E-state index is -0.302. The number of Topliss-reactive ketones (excluding diaryl/α,β-unsaturated/α-hetero) is 1. The molecule has 0 aromatic heterocycles. The maximum atomic E-state index is 12.5. The smallest absolute Gasteiger partial charge is 0.139 e. The van der Waals surface area contributed by atoms with Crippen LogP contribution in [0.15, 0.2) is 0 Å². The predicted molar refractivity (Wildman–Crippen MR) is 89.8 cm³/mol. The van der Waals surface area contributed by atoms with E-state index in [2.05, 4.69) is 13.8 Å². The summed E-state index contributed by atoms with van der Waals surface area (Å²) in [4.78, 5) is 12.5. The van der Waals surface area contributed by atoms with Crippen molar-refractivity contribution in [3.8, 4) is 0 Å². The van der Waals surface area contributed by atoms with E-state index in [0.717, 1.165) is 49.9 Å². The fourth-order valence-electron chi connectivity index (χ4n) is 8.16. The number of hydrogen-bond acceptors (Lipinski definition) is 2. The van der Waals surface area contributed by atoms with Gasteiger partial charge in [-0.2, -0.15) is 0 Å². The third-order valence-corrected chi connectivity index (χ3v) is 9.75. The summed E-state index contributed by atoms with van der Waals surface area (Å²) in [5.41, 5.74) is 0.146. The molecule has 0 spiro atoms. The summed E-state index contributed by atoms with van der Waals surface area (Å²) in [5, 5.41) is 10.9. The van der Waals surface area contributed by atoms with Gasteiger partial charge < -0.3 is 5.11 Å². The normalized spacial score (nSPS) is 61.0. The van der Waals surface area contributed by atoms with Crippen LogP contribution in [0, 0.1) is 40.4 Å². The summed E-state index contributed by atoms with van der Waals surface area (Å²) in [5.74, 6) is 4.12. The van der Waals surface area contributed by atoms with Crippen LogP contribution in [0.25, 0.3) is 0 Å². The molecule has 5 fully saturated rings. The lowest BCUT2D eigenvalue weighted by Crippen LogP contribution is -2.61. The summed E-state index contributed by atoms with van der Waals surface area (Å²) in [6, 6.07) is 0. The van der Waals surface area contributed by atoms with Crippen LogP contribution in [0.3, 0.4) is 0 Å². The van der Waals surface area contributed by atoms with E-state index in [-0.39, 0.29) is 11.0 Å². The lowest BCUT2D eigenvalue weighted by Gasteiger charge is -2.65. The van der Waals surface area contributed by atoms with Gasteiger partial charge in [0, 0.05) is 11.8 Å². The molecule has 23 heavy (non-hydrogen) atoms. The number of aliphatic hydroxyl groups is 1. The van der Waals surface area contributed by atoms with Crippen molar-refractivity contribution in [2.24, 2.45) is 40.4 Å². The number of fused-ring (bicyclic) bond motifs is 6. The Morgan fingerprint density at radius 2 is 1.74 bits per heavy atom. The monoisotopic (exact) mass is 316 g/mol. The van der Waals surface area contributed by atoms with Gasteiger partial charge in [-0.05, 0) is 92.8 Å². The molecule has 2 heteroatoms. The van der Waals surface area contributed by atoms with E-state index < -0.39 is 0 Å². The summed E-state index contributed by atoms with van der Waals surface area (Å²) < 4.78 is 0. The fourth-order valence-corrected chi connectivity index (χ4v) is 8.16. The van der Waals surface area contributed by atoms with Gasteiger partial charge in [0.15, 0.2) is 0 Å². The molecule has 5 aliphatic rings. The second kappa shape index (κ2) is 4.42. The Kier molecular flexibility index (Phi) is 2.87. The van der Waals surface area contributed by atoms with Crippen molar-refractivity contribution in [2.75, 3.05) is 0 Å². The zero-order valence-corrected chi connectivity index (χ0v) is 14.8. The topological polar surface area (TPSA) is 37.3 Å². The standard InChI is InChI=1S/C21H32O2/c1-19-9-8-17-15(16(19)5-6-18(19)22)4-3-13-12-21(23)10-7-14(21)11-20(13,17)2/h13-17,23H,3-12H2,1-2H3/t13-,14?,15-,16-,17-,19-,20-,21?/m0/s1. The number of hydrogen-bond donors (Lipinski definition) is 1. The first-order valence-corrected chi connectivity index (χ1v) is 10.1. The molecule has 2 nitrogen and oxygen atoms in total. The van der Waals surface area contributed by atoms with Gasteiger partial charge in [0.05, 0.1) is 5.60 Å². The van der Waals surface area contributed by atoms with Gasteiger partial charge in [-0.3, -0.25) is 4.79 Å². The molecule has 1 N–H and O–H groups in total. The van der Waals surface area contributed by atoms with E-state index >= 15 is 0 Å². The maximum Gasteiger partial charge on any atom is 0.139 e. The molecule has 5 rings (SSSR count). The Hall–Kier alpha value is -0.370. The first-order valence-electron chi connectivity index (χ1n) is 10.1. The molecule has 128 valence electrons. The van der Waals surface area contributed by atoms with Crippen molar-refractivity contribution < 1.29 is 9.90 Å². The molecular formula is C21H32O2. The zero-order chi connectivity index (χ0) is 16.0. The number of ketones is 1. The van der Waals surface area contributed by atoms with E-state index in [1.54, 1.807) is 0 Å². The highest BCUT2D eigenvalue weighted by Gasteiger charge is 2.64. The van der Waals surface area contributed by atoms with Crippen LogP contribution < -0.4 is 0 Å². The van der Waals surface area contributed by atoms with Crippen molar-refractivity contribution in [1.29, 1.82) is 0 Å². The quantitative estimate of drug-likeness (QED) is 0.721. The average Bonchev–Trinajstić information content (AvgIpc) is 2.81. The summed E-state index contributed by atoms with van der Waals surface area (Å²) in [6.45, 7) is 4.84. The first kappa shape index (κ1) is 14.9. The lowest BCUT2D eigenvalue weighted by molar-refractivity contribution is -0.208. The third-order valence-electron chi connectivity index (χ3n) is 9.75. The third kappa shape index (κ3) is 1.72. The number of carbonyl (C=O) groups is 1. The van der Waals surface area contributed by atoms with E-state index in [1.165, 1.54) is 32.1 Å². The van der Waals surface area contributed by atoms with Gasteiger partial charge in [-0.15, -0.1) is 0 Å². The van der Waals surface area contributed by atoms with Gasteiger partial charge in [-0.1, -0.05) is 13.8 Å². The van der Waals surface area contributed by atoms with Crippen LogP contribution in [-0.4, -0.2) is 16.5 Å². The summed E-state index contributed by atoms with van der Waals surface area (Å²) in [7, 11) is 0.